The third-order valence-electron chi connectivity index (χ3n) is 5.09. The second kappa shape index (κ2) is 10.3. The van der Waals surface area contributed by atoms with Crippen molar-refractivity contribution in [1.82, 2.24) is 24.6 Å². The van der Waals surface area contributed by atoms with Gasteiger partial charge in [-0.25, -0.2) is 4.98 Å². The van der Waals surface area contributed by atoms with Gasteiger partial charge in [0.25, 0.3) is 0 Å². The summed E-state index contributed by atoms with van der Waals surface area (Å²) in [5.74, 6) is 1.11. The van der Waals surface area contributed by atoms with Crippen molar-refractivity contribution in [3.63, 3.8) is 0 Å². The smallest absolute Gasteiger partial charge is 0.244 e. The van der Waals surface area contributed by atoms with E-state index in [1.807, 2.05) is 49.0 Å². The number of rotatable bonds is 9. The number of nitrogens with zero attached hydrogens (tertiary/aromatic N) is 4. The molecule has 1 atom stereocenters. The Morgan fingerprint density at radius 1 is 1.35 bits per heavy atom. The van der Waals surface area contributed by atoms with Gasteiger partial charge in [-0.1, -0.05) is 43.1 Å². The lowest BCUT2D eigenvalue weighted by molar-refractivity contribution is -0.117. The first kappa shape index (κ1) is 22.6. The monoisotopic (exact) mass is 441 g/mol. The van der Waals surface area contributed by atoms with Crippen LogP contribution in [0.1, 0.15) is 48.5 Å². The van der Waals surface area contributed by atoms with Gasteiger partial charge in [0.15, 0.2) is 0 Å². The van der Waals surface area contributed by atoms with Gasteiger partial charge in [-0.05, 0) is 25.5 Å². The number of aromatic nitrogens is 4. The molecule has 1 unspecified atom stereocenters. The molecule has 3 rings (SSSR count). The Hall–Kier alpha value is -3.06. The van der Waals surface area contributed by atoms with Gasteiger partial charge in [0.05, 0.1) is 12.8 Å². The Morgan fingerprint density at radius 3 is 2.81 bits per heavy atom. The lowest BCUT2D eigenvalue weighted by Gasteiger charge is -2.20. The molecule has 0 bridgehead atoms. The van der Waals surface area contributed by atoms with E-state index in [0.29, 0.717) is 16.7 Å². The van der Waals surface area contributed by atoms with E-state index in [9.17, 15) is 4.79 Å². The van der Waals surface area contributed by atoms with Crippen molar-refractivity contribution in [1.29, 1.82) is 0 Å². The number of imidazole rings is 1. The van der Waals surface area contributed by atoms with Gasteiger partial charge in [0.1, 0.15) is 22.8 Å². The number of hydrogen-bond acceptors (Lipinski definition) is 4. The summed E-state index contributed by atoms with van der Waals surface area (Å²) in [6.07, 6.45) is 8.78. The fourth-order valence-electron chi connectivity index (χ4n) is 3.40. The summed E-state index contributed by atoms with van der Waals surface area (Å²) in [7, 11) is 3.50. The Balaban J connectivity index is 1.85. The summed E-state index contributed by atoms with van der Waals surface area (Å²) in [5.41, 5.74) is 2.36. The van der Waals surface area contributed by atoms with Crippen molar-refractivity contribution < 1.29 is 9.53 Å². The van der Waals surface area contributed by atoms with Gasteiger partial charge in [-0.3, -0.25) is 9.48 Å². The molecule has 1 aromatic carbocycles. The number of ether oxygens (including phenoxy) is 1. The summed E-state index contributed by atoms with van der Waals surface area (Å²) in [5, 5.41) is 8.07. The van der Waals surface area contributed by atoms with Gasteiger partial charge >= 0.3 is 0 Å². The lowest BCUT2D eigenvalue weighted by Crippen LogP contribution is -2.30. The van der Waals surface area contributed by atoms with Gasteiger partial charge in [0.2, 0.25) is 5.91 Å². The molecule has 0 fully saturated rings. The van der Waals surface area contributed by atoms with Crippen molar-refractivity contribution >= 4 is 23.6 Å². The molecule has 0 aliphatic carbocycles. The third-order valence-corrected chi connectivity index (χ3v) is 5.49. The summed E-state index contributed by atoms with van der Waals surface area (Å²) >= 11 is 6.48. The summed E-state index contributed by atoms with van der Waals surface area (Å²) in [4.78, 5) is 17.3. The van der Waals surface area contributed by atoms with Crippen LogP contribution in [0.15, 0.2) is 42.7 Å². The second-order valence-corrected chi connectivity index (χ2v) is 7.64. The predicted octanol–water partition coefficient (Wildman–Crippen LogP) is 4.31. The number of carbonyl (C=O) groups is 1. The largest absolute Gasteiger partial charge is 0.496 e. The van der Waals surface area contributed by atoms with Crippen LogP contribution in [0.5, 0.6) is 5.75 Å². The maximum absolute atomic E-state index is 12.9. The molecule has 0 saturated heterocycles. The van der Waals surface area contributed by atoms with Crippen LogP contribution in [0.2, 0.25) is 5.15 Å². The van der Waals surface area contributed by atoms with Crippen molar-refractivity contribution in [2.45, 2.75) is 39.3 Å². The predicted molar refractivity (Wildman–Crippen MR) is 122 cm³/mol. The number of aryl methyl sites for hydroxylation is 3. The minimum atomic E-state index is -0.475. The van der Waals surface area contributed by atoms with Crippen LogP contribution in [-0.4, -0.2) is 32.3 Å². The minimum absolute atomic E-state index is 0.268. The van der Waals surface area contributed by atoms with Crippen molar-refractivity contribution in [2.24, 2.45) is 7.05 Å². The molecular formula is C23H28ClN5O2. The highest BCUT2D eigenvalue weighted by Gasteiger charge is 2.23. The number of nitrogens with one attached hydrogen (secondary N) is 1. The number of para-hydroxylation sites is 1. The SMILES string of the molecule is CCCCn1nc(C)c(/C=C/C(=O)NC(c2ccccc2OC)c2nccn2C)c1Cl. The number of unbranched alkanes of at least 4 members (excludes halogenated alkanes) is 1. The molecule has 0 radical (unpaired) electrons. The maximum atomic E-state index is 12.9. The van der Waals surface area contributed by atoms with Gasteiger partial charge in [0, 0.05) is 43.2 Å². The molecular weight excluding hydrogens is 414 g/mol. The van der Waals surface area contributed by atoms with Crippen molar-refractivity contribution in [3.8, 4) is 5.75 Å². The molecule has 0 saturated carbocycles. The first-order valence-corrected chi connectivity index (χ1v) is 10.7. The average Bonchev–Trinajstić information content (AvgIpc) is 3.31. The summed E-state index contributed by atoms with van der Waals surface area (Å²) in [6, 6.07) is 7.10. The molecule has 8 heteroatoms. The van der Waals surface area contributed by atoms with Crippen LogP contribution in [0.3, 0.4) is 0 Å². The van der Waals surface area contributed by atoms with E-state index < -0.39 is 6.04 Å². The molecule has 0 aliphatic heterocycles. The summed E-state index contributed by atoms with van der Waals surface area (Å²) < 4.78 is 9.16. The molecule has 0 spiro atoms. The van der Waals surface area contributed by atoms with E-state index in [-0.39, 0.29) is 5.91 Å². The maximum Gasteiger partial charge on any atom is 0.244 e. The normalized spacial score (nSPS) is 12.3. The van der Waals surface area contributed by atoms with Gasteiger partial charge < -0.3 is 14.6 Å². The van der Waals surface area contributed by atoms with Crippen molar-refractivity contribution in [2.75, 3.05) is 7.11 Å². The number of halogens is 1. The Labute approximate surface area is 187 Å². The first-order valence-electron chi connectivity index (χ1n) is 10.3. The fourth-order valence-corrected chi connectivity index (χ4v) is 3.73. The van der Waals surface area contributed by atoms with Crippen LogP contribution in [-0.2, 0) is 18.4 Å². The zero-order chi connectivity index (χ0) is 22.4. The van der Waals surface area contributed by atoms with E-state index in [2.05, 4.69) is 22.3 Å². The quantitative estimate of drug-likeness (QED) is 0.502. The fraction of sp³-hybridized carbons (Fsp3) is 0.348. The van der Waals surface area contributed by atoms with Crippen LogP contribution in [0.25, 0.3) is 6.08 Å². The number of benzene rings is 1. The highest BCUT2D eigenvalue weighted by molar-refractivity contribution is 6.31. The topological polar surface area (TPSA) is 74.0 Å². The molecule has 3 aromatic rings. The molecule has 1 N–H and O–H groups in total. The van der Waals surface area contributed by atoms with E-state index in [0.717, 1.165) is 36.2 Å². The number of amides is 1. The van der Waals surface area contributed by atoms with E-state index in [4.69, 9.17) is 16.3 Å². The van der Waals surface area contributed by atoms with Crippen LogP contribution in [0.4, 0.5) is 0 Å². The lowest BCUT2D eigenvalue weighted by atomic mass is 10.0. The Kier molecular flexibility index (Phi) is 7.52. The molecule has 7 nitrogen and oxygen atoms in total. The Bertz CT molecular complexity index is 1070. The van der Waals surface area contributed by atoms with E-state index in [1.54, 1.807) is 24.1 Å². The molecule has 164 valence electrons. The zero-order valence-corrected chi connectivity index (χ0v) is 19.1. The van der Waals surface area contributed by atoms with E-state index in [1.165, 1.54) is 6.08 Å². The number of hydrogen-bond donors (Lipinski definition) is 1. The van der Waals surface area contributed by atoms with Crippen molar-refractivity contribution in [3.05, 3.63) is 70.5 Å². The molecule has 2 heterocycles. The summed E-state index contributed by atoms with van der Waals surface area (Å²) in [6.45, 7) is 4.76. The van der Waals surface area contributed by atoms with Crippen LogP contribution < -0.4 is 10.1 Å². The highest BCUT2D eigenvalue weighted by atomic mass is 35.5. The highest BCUT2D eigenvalue weighted by Crippen LogP contribution is 2.29. The first-order chi connectivity index (χ1) is 15.0. The average molecular weight is 442 g/mol. The minimum Gasteiger partial charge on any atom is -0.496 e. The number of methoxy groups -OCH3 is 1. The molecule has 0 aliphatic rings. The van der Waals surface area contributed by atoms with Gasteiger partial charge in [-0.15, -0.1) is 0 Å². The van der Waals surface area contributed by atoms with Gasteiger partial charge in [-0.2, -0.15) is 5.10 Å². The second-order valence-electron chi connectivity index (χ2n) is 7.28. The Morgan fingerprint density at radius 2 is 2.13 bits per heavy atom. The molecule has 1 amide bonds. The van der Waals surface area contributed by atoms with Crippen LogP contribution in [0, 0.1) is 6.92 Å². The molecule has 31 heavy (non-hydrogen) atoms. The van der Waals surface area contributed by atoms with Crippen LogP contribution >= 0.6 is 11.6 Å². The zero-order valence-electron chi connectivity index (χ0n) is 18.3. The third kappa shape index (κ3) is 5.17. The molecule has 2 aromatic heterocycles. The standard InChI is InChI=1S/C23H28ClN5O2/c1-5-6-14-29-22(24)17(16(2)27-29)11-12-20(30)26-21(23-25-13-15-28(23)3)18-9-7-8-10-19(18)31-4/h7-13,15,21H,5-6,14H2,1-4H3,(H,26,30)/b12-11+. The van der Waals surface area contributed by atoms with E-state index >= 15 is 0 Å². The number of carbonyl (C=O) groups excluding carboxylic acids is 1.